The van der Waals surface area contributed by atoms with Gasteiger partial charge in [-0.3, -0.25) is 4.72 Å². The first-order chi connectivity index (χ1) is 11.3. The third kappa shape index (κ3) is 4.97. The van der Waals surface area contributed by atoms with E-state index in [1.54, 1.807) is 24.3 Å². The normalized spacial score (nSPS) is 11.5. The summed E-state index contributed by atoms with van der Waals surface area (Å²) in [4.78, 5) is 2.37. The third-order valence-corrected chi connectivity index (χ3v) is 5.19. The quantitative estimate of drug-likeness (QED) is 0.808. The fourth-order valence-corrected chi connectivity index (χ4v) is 3.32. The number of likely N-dealkylation sites (N-methyl/N-ethyl adjacent to an activating group) is 1. The van der Waals surface area contributed by atoms with Crippen LogP contribution in [0.15, 0.2) is 47.4 Å². The molecule has 2 rings (SSSR count). The van der Waals surface area contributed by atoms with E-state index in [1.807, 2.05) is 46.1 Å². The van der Waals surface area contributed by atoms with Crippen LogP contribution < -0.4 is 10.0 Å². The van der Waals surface area contributed by atoms with E-state index in [2.05, 4.69) is 14.9 Å². The van der Waals surface area contributed by atoms with Crippen LogP contribution in [0.2, 0.25) is 0 Å². The van der Waals surface area contributed by atoms with Gasteiger partial charge in [-0.25, -0.2) is 8.42 Å². The number of aryl methyl sites for hydroxylation is 2. The molecule has 0 aliphatic rings. The molecule has 0 radical (unpaired) electrons. The minimum absolute atomic E-state index is 0.277. The maximum Gasteiger partial charge on any atom is 0.261 e. The van der Waals surface area contributed by atoms with E-state index < -0.39 is 10.0 Å². The first kappa shape index (κ1) is 18.3. The Morgan fingerprint density at radius 2 is 1.54 bits per heavy atom. The van der Waals surface area contributed by atoms with Gasteiger partial charge in [0.2, 0.25) is 0 Å². The van der Waals surface area contributed by atoms with Crippen LogP contribution in [-0.4, -0.2) is 40.5 Å². The molecule has 0 fully saturated rings. The van der Waals surface area contributed by atoms with Gasteiger partial charge in [0.15, 0.2) is 0 Å². The van der Waals surface area contributed by atoms with Crippen molar-refractivity contribution >= 4 is 21.4 Å². The first-order valence-electron chi connectivity index (χ1n) is 7.87. The lowest BCUT2D eigenvalue weighted by molar-refractivity contribution is 0.425. The number of benzene rings is 2. The van der Waals surface area contributed by atoms with E-state index in [4.69, 9.17) is 0 Å². The van der Waals surface area contributed by atoms with Crippen molar-refractivity contribution < 1.29 is 8.42 Å². The van der Waals surface area contributed by atoms with E-state index in [0.717, 1.165) is 29.9 Å². The van der Waals surface area contributed by atoms with Crippen molar-refractivity contribution in [3.05, 3.63) is 53.6 Å². The van der Waals surface area contributed by atoms with Crippen molar-refractivity contribution in [1.82, 2.24) is 4.90 Å². The summed E-state index contributed by atoms with van der Waals surface area (Å²) in [6.45, 7) is 5.63. The van der Waals surface area contributed by atoms with Gasteiger partial charge in [0.1, 0.15) is 0 Å². The number of sulfonamides is 1. The molecule has 6 heteroatoms. The van der Waals surface area contributed by atoms with Crippen LogP contribution in [-0.2, 0) is 10.0 Å². The molecule has 0 saturated carbocycles. The molecule has 0 heterocycles. The minimum atomic E-state index is -3.57. The number of hydrogen-bond donors (Lipinski definition) is 2. The molecule has 2 N–H and O–H groups in total. The Morgan fingerprint density at radius 1 is 0.917 bits per heavy atom. The van der Waals surface area contributed by atoms with E-state index in [-0.39, 0.29) is 4.90 Å². The zero-order valence-electron chi connectivity index (χ0n) is 14.6. The summed E-state index contributed by atoms with van der Waals surface area (Å²) >= 11 is 0. The predicted octanol–water partition coefficient (Wildman–Crippen LogP) is 3.08. The van der Waals surface area contributed by atoms with Gasteiger partial charge < -0.3 is 10.2 Å². The summed E-state index contributed by atoms with van der Waals surface area (Å²) < 4.78 is 27.5. The highest BCUT2D eigenvalue weighted by molar-refractivity contribution is 7.92. The van der Waals surface area contributed by atoms with Gasteiger partial charge in [-0.05, 0) is 75.5 Å². The average Bonchev–Trinajstić information content (AvgIpc) is 2.51. The van der Waals surface area contributed by atoms with Gasteiger partial charge in [0.25, 0.3) is 10.0 Å². The molecule has 0 spiro atoms. The maximum absolute atomic E-state index is 12.5. The van der Waals surface area contributed by atoms with Crippen LogP contribution in [0.1, 0.15) is 11.1 Å². The van der Waals surface area contributed by atoms with Gasteiger partial charge in [-0.1, -0.05) is 6.07 Å². The fraction of sp³-hybridized carbons (Fsp3) is 0.333. The molecule has 0 saturated heterocycles. The second kappa shape index (κ2) is 7.68. The Hall–Kier alpha value is -2.05. The SMILES string of the molecule is Cc1ccc(S(=O)(=O)Nc2ccc(NCCN(C)C)cc2)cc1C. The molecule has 0 bridgehead atoms. The number of rotatable bonds is 7. The van der Waals surface area contributed by atoms with Crippen molar-refractivity contribution in [2.24, 2.45) is 0 Å². The largest absolute Gasteiger partial charge is 0.384 e. The topological polar surface area (TPSA) is 61.4 Å². The number of nitrogens with one attached hydrogen (secondary N) is 2. The van der Waals surface area contributed by atoms with Crippen LogP contribution in [0.25, 0.3) is 0 Å². The summed E-state index contributed by atoms with van der Waals surface area (Å²) in [5, 5.41) is 3.29. The molecular weight excluding hydrogens is 322 g/mol. The highest BCUT2D eigenvalue weighted by atomic mass is 32.2. The Morgan fingerprint density at radius 3 is 2.12 bits per heavy atom. The average molecular weight is 347 g/mol. The Labute approximate surface area is 144 Å². The molecule has 130 valence electrons. The fourth-order valence-electron chi connectivity index (χ4n) is 2.18. The molecule has 0 aromatic heterocycles. The summed E-state index contributed by atoms with van der Waals surface area (Å²) in [5.74, 6) is 0. The van der Waals surface area contributed by atoms with Crippen LogP contribution in [0.4, 0.5) is 11.4 Å². The van der Waals surface area contributed by atoms with Crippen LogP contribution >= 0.6 is 0 Å². The Bertz CT molecular complexity index is 784. The van der Waals surface area contributed by atoms with E-state index in [0.29, 0.717) is 5.69 Å². The van der Waals surface area contributed by atoms with E-state index >= 15 is 0 Å². The van der Waals surface area contributed by atoms with Crippen LogP contribution in [0, 0.1) is 13.8 Å². The number of nitrogens with zero attached hydrogens (tertiary/aromatic N) is 1. The molecule has 0 aliphatic heterocycles. The molecule has 0 unspecified atom stereocenters. The van der Waals surface area contributed by atoms with Gasteiger partial charge in [0.05, 0.1) is 4.90 Å². The molecule has 0 aliphatic carbocycles. The Kier molecular flexibility index (Phi) is 5.85. The van der Waals surface area contributed by atoms with Crippen molar-refractivity contribution in [1.29, 1.82) is 0 Å². The molecule has 0 amide bonds. The van der Waals surface area contributed by atoms with Crippen molar-refractivity contribution in [2.75, 3.05) is 37.2 Å². The highest BCUT2D eigenvalue weighted by Crippen LogP contribution is 2.20. The van der Waals surface area contributed by atoms with Crippen molar-refractivity contribution in [2.45, 2.75) is 18.7 Å². The summed E-state index contributed by atoms with van der Waals surface area (Å²) in [7, 11) is 0.470. The lowest BCUT2D eigenvalue weighted by Gasteiger charge is -2.13. The van der Waals surface area contributed by atoms with E-state index in [9.17, 15) is 8.42 Å². The molecule has 0 atom stereocenters. The second-order valence-corrected chi connectivity index (χ2v) is 7.84. The molecular formula is C18H25N3O2S. The molecule has 5 nitrogen and oxygen atoms in total. The smallest absolute Gasteiger partial charge is 0.261 e. The van der Waals surface area contributed by atoms with Crippen LogP contribution in [0.5, 0.6) is 0 Å². The molecule has 2 aromatic rings. The zero-order valence-corrected chi connectivity index (χ0v) is 15.4. The van der Waals surface area contributed by atoms with Crippen molar-refractivity contribution in [3.8, 4) is 0 Å². The third-order valence-electron chi connectivity index (χ3n) is 3.81. The van der Waals surface area contributed by atoms with E-state index in [1.165, 1.54) is 0 Å². The van der Waals surface area contributed by atoms with Crippen molar-refractivity contribution in [3.63, 3.8) is 0 Å². The number of anilines is 2. The summed E-state index contributed by atoms with van der Waals surface area (Å²) in [5.41, 5.74) is 3.54. The van der Waals surface area contributed by atoms with Gasteiger partial charge in [-0.15, -0.1) is 0 Å². The van der Waals surface area contributed by atoms with Gasteiger partial charge in [-0.2, -0.15) is 0 Å². The lowest BCUT2D eigenvalue weighted by atomic mass is 10.1. The molecule has 2 aromatic carbocycles. The maximum atomic E-state index is 12.5. The first-order valence-corrected chi connectivity index (χ1v) is 9.35. The predicted molar refractivity (Wildman–Crippen MR) is 100 cm³/mol. The Balaban J connectivity index is 2.05. The number of hydrogen-bond acceptors (Lipinski definition) is 4. The van der Waals surface area contributed by atoms with Gasteiger partial charge in [0, 0.05) is 24.5 Å². The second-order valence-electron chi connectivity index (χ2n) is 6.16. The summed E-state index contributed by atoms with van der Waals surface area (Å²) in [6.07, 6.45) is 0. The minimum Gasteiger partial charge on any atom is -0.384 e. The summed E-state index contributed by atoms with van der Waals surface area (Å²) in [6, 6.07) is 12.4. The van der Waals surface area contributed by atoms with Gasteiger partial charge >= 0.3 is 0 Å². The van der Waals surface area contributed by atoms with Crippen LogP contribution in [0.3, 0.4) is 0 Å². The monoisotopic (exact) mass is 347 g/mol. The standard InChI is InChI=1S/C18H25N3O2S/c1-14-5-10-18(13-15(14)2)24(22,23)20-17-8-6-16(7-9-17)19-11-12-21(3)4/h5-10,13,19-20H,11-12H2,1-4H3. The zero-order chi connectivity index (χ0) is 17.7. The highest BCUT2D eigenvalue weighted by Gasteiger charge is 2.14. The lowest BCUT2D eigenvalue weighted by Crippen LogP contribution is -2.20. The molecule has 24 heavy (non-hydrogen) atoms.